The van der Waals surface area contributed by atoms with E-state index in [1.54, 1.807) is 0 Å². The fourth-order valence-electron chi connectivity index (χ4n) is 4.84. The molecular formula is C27H32O5. The Balaban J connectivity index is 1.24. The minimum Gasteiger partial charge on any atom is -0.493 e. The van der Waals surface area contributed by atoms with Gasteiger partial charge in [0.2, 0.25) is 0 Å². The molecule has 2 aromatic carbocycles. The molecule has 3 aliphatic rings. The first-order chi connectivity index (χ1) is 15.7. The summed E-state index contributed by atoms with van der Waals surface area (Å²) in [5.74, 6) is 0.982. The molecule has 5 rings (SSSR count). The van der Waals surface area contributed by atoms with Gasteiger partial charge in [-0.25, -0.2) is 0 Å². The maximum atomic E-state index is 6.54. The smallest absolute Gasteiger partial charge is 0.127 e. The molecule has 0 spiro atoms. The number of rotatable bonds is 7. The van der Waals surface area contributed by atoms with Crippen molar-refractivity contribution in [3.63, 3.8) is 0 Å². The van der Waals surface area contributed by atoms with Crippen LogP contribution in [0.3, 0.4) is 0 Å². The van der Waals surface area contributed by atoms with Gasteiger partial charge >= 0.3 is 0 Å². The van der Waals surface area contributed by atoms with Gasteiger partial charge in [0.25, 0.3) is 0 Å². The number of hydrogen-bond donors (Lipinski definition) is 0. The van der Waals surface area contributed by atoms with Crippen LogP contribution in [0.5, 0.6) is 0 Å². The van der Waals surface area contributed by atoms with E-state index in [0.29, 0.717) is 19.8 Å². The van der Waals surface area contributed by atoms with Crippen LogP contribution in [0.15, 0.2) is 72.5 Å². The summed E-state index contributed by atoms with van der Waals surface area (Å²) in [6, 6.07) is 20.5. The lowest BCUT2D eigenvalue weighted by Crippen LogP contribution is -2.57. The summed E-state index contributed by atoms with van der Waals surface area (Å²) in [5.41, 5.74) is 2.31. The minimum absolute atomic E-state index is 0.00375. The molecule has 2 fully saturated rings. The zero-order valence-electron chi connectivity index (χ0n) is 18.6. The summed E-state index contributed by atoms with van der Waals surface area (Å²) in [5, 5.41) is 0. The summed E-state index contributed by atoms with van der Waals surface area (Å²) < 4.78 is 31.4. The van der Waals surface area contributed by atoms with Crippen molar-refractivity contribution < 1.29 is 23.7 Å². The van der Waals surface area contributed by atoms with Crippen molar-refractivity contribution in [1.82, 2.24) is 0 Å². The van der Waals surface area contributed by atoms with Crippen LogP contribution >= 0.6 is 0 Å². The highest BCUT2D eigenvalue weighted by molar-refractivity contribution is 5.14. The van der Waals surface area contributed by atoms with Crippen LogP contribution in [0.1, 0.15) is 37.3 Å². The fraction of sp³-hybridized carbons (Fsp3) is 0.481. The Morgan fingerprint density at radius 2 is 1.47 bits per heavy atom. The normalized spacial score (nSPS) is 31.7. The number of allylic oxidation sites excluding steroid dienone is 1. The lowest BCUT2D eigenvalue weighted by atomic mass is 9.88. The molecule has 0 N–H and O–H groups in total. The molecule has 3 heterocycles. The van der Waals surface area contributed by atoms with E-state index in [2.05, 4.69) is 30.3 Å². The highest BCUT2D eigenvalue weighted by Gasteiger charge is 2.47. The van der Waals surface area contributed by atoms with Crippen molar-refractivity contribution in [2.75, 3.05) is 6.61 Å². The van der Waals surface area contributed by atoms with Crippen LogP contribution in [-0.2, 0) is 36.9 Å². The van der Waals surface area contributed by atoms with Gasteiger partial charge < -0.3 is 23.7 Å². The molecule has 0 aliphatic carbocycles. The summed E-state index contributed by atoms with van der Waals surface area (Å²) >= 11 is 0. The number of ether oxygens (including phenoxy) is 5. The van der Waals surface area contributed by atoms with Crippen LogP contribution < -0.4 is 0 Å². The van der Waals surface area contributed by atoms with Crippen LogP contribution in [0.25, 0.3) is 0 Å². The quantitative estimate of drug-likeness (QED) is 0.624. The largest absolute Gasteiger partial charge is 0.493 e. The lowest BCUT2D eigenvalue weighted by molar-refractivity contribution is -0.261. The first kappa shape index (κ1) is 21.7. The molecule has 2 saturated heterocycles. The lowest BCUT2D eigenvalue weighted by Gasteiger charge is -2.48. The summed E-state index contributed by atoms with van der Waals surface area (Å²) in [7, 11) is 0. The third-order valence-corrected chi connectivity index (χ3v) is 6.55. The van der Waals surface area contributed by atoms with Gasteiger partial charge in [0.05, 0.1) is 50.0 Å². The summed E-state index contributed by atoms with van der Waals surface area (Å²) in [6.07, 6.45) is 4.66. The predicted molar refractivity (Wildman–Crippen MR) is 121 cm³/mol. The highest BCUT2D eigenvalue weighted by atomic mass is 16.6. The van der Waals surface area contributed by atoms with Gasteiger partial charge in [0, 0.05) is 12.8 Å². The molecule has 6 atom stereocenters. The number of benzene rings is 2. The van der Waals surface area contributed by atoms with Crippen molar-refractivity contribution in [2.45, 2.75) is 76.0 Å². The van der Waals surface area contributed by atoms with Crippen molar-refractivity contribution in [2.24, 2.45) is 0 Å². The SMILES string of the molecule is CC1=CC[C@@H]2O[C@@H]3C[C@H](OCc4ccccc4)[C@@H](COCc4ccccc4)O[C@H]3C[C@H]2O1. The molecule has 170 valence electrons. The van der Waals surface area contributed by atoms with Crippen molar-refractivity contribution >= 4 is 0 Å². The fourth-order valence-corrected chi connectivity index (χ4v) is 4.84. The Labute approximate surface area is 190 Å². The minimum atomic E-state index is -0.135. The summed E-state index contributed by atoms with van der Waals surface area (Å²) in [6.45, 7) is 3.62. The molecule has 0 saturated carbocycles. The second kappa shape index (κ2) is 10.2. The average molecular weight is 437 g/mol. The first-order valence-corrected chi connectivity index (χ1v) is 11.7. The maximum Gasteiger partial charge on any atom is 0.127 e. The van der Waals surface area contributed by atoms with E-state index in [-0.39, 0.29) is 36.6 Å². The first-order valence-electron chi connectivity index (χ1n) is 11.7. The van der Waals surface area contributed by atoms with E-state index in [1.165, 1.54) is 0 Å². The molecule has 0 unspecified atom stereocenters. The van der Waals surface area contributed by atoms with Crippen LogP contribution in [0.2, 0.25) is 0 Å². The van der Waals surface area contributed by atoms with Gasteiger partial charge in [-0.3, -0.25) is 0 Å². The van der Waals surface area contributed by atoms with E-state index >= 15 is 0 Å². The van der Waals surface area contributed by atoms with Crippen LogP contribution in [-0.4, -0.2) is 43.2 Å². The predicted octanol–water partition coefficient (Wildman–Crippen LogP) is 4.80. The Morgan fingerprint density at radius 3 is 2.22 bits per heavy atom. The Morgan fingerprint density at radius 1 is 0.781 bits per heavy atom. The topological polar surface area (TPSA) is 46.2 Å². The molecule has 0 amide bonds. The molecule has 3 aliphatic heterocycles. The van der Waals surface area contributed by atoms with E-state index in [9.17, 15) is 0 Å². The van der Waals surface area contributed by atoms with Crippen molar-refractivity contribution in [1.29, 1.82) is 0 Å². The van der Waals surface area contributed by atoms with Gasteiger partial charge in [0.15, 0.2) is 0 Å². The molecule has 0 radical (unpaired) electrons. The molecule has 0 bridgehead atoms. The van der Waals surface area contributed by atoms with Crippen LogP contribution in [0, 0.1) is 0 Å². The maximum absolute atomic E-state index is 6.54. The number of fused-ring (bicyclic) bond motifs is 2. The van der Waals surface area contributed by atoms with Gasteiger partial charge in [-0.15, -0.1) is 0 Å². The Hall–Kier alpha value is -2.18. The third kappa shape index (κ3) is 5.24. The zero-order valence-corrected chi connectivity index (χ0v) is 18.6. The Bertz CT molecular complexity index is 883. The third-order valence-electron chi connectivity index (χ3n) is 6.55. The van der Waals surface area contributed by atoms with Crippen molar-refractivity contribution in [3.8, 4) is 0 Å². The van der Waals surface area contributed by atoms with Gasteiger partial charge in [-0.1, -0.05) is 60.7 Å². The standard InChI is InChI=1S/C27H32O5/c1-19-12-13-22-24(30-19)15-26-25(31-22)14-23(29-17-21-10-6-3-7-11-21)27(32-26)18-28-16-20-8-4-2-5-9-20/h2-12,22-27H,13-18H2,1H3/t22-,23-,24+,25+,26-,27+/m0/s1. The molecular weight excluding hydrogens is 404 g/mol. The van der Waals surface area contributed by atoms with Gasteiger partial charge in [-0.05, 0) is 30.5 Å². The van der Waals surface area contributed by atoms with Gasteiger partial charge in [-0.2, -0.15) is 0 Å². The second-order valence-corrected chi connectivity index (χ2v) is 8.94. The van der Waals surface area contributed by atoms with Gasteiger partial charge in [0.1, 0.15) is 12.2 Å². The highest BCUT2D eigenvalue weighted by Crippen LogP contribution is 2.37. The average Bonchev–Trinajstić information content (AvgIpc) is 2.83. The Kier molecular flexibility index (Phi) is 6.89. The monoisotopic (exact) mass is 436 g/mol. The second-order valence-electron chi connectivity index (χ2n) is 8.94. The molecule has 2 aromatic rings. The van der Waals surface area contributed by atoms with E-state index < -0.39 is 0 Å². The molecule has 0 aromatic heterocycles. The van der Waals surface area contributed by atoms with Crippen LogP contribution in [0.4, 0.5) is 0 Å². The van der Waals surface area contributed by atoms with E-state index in [1.807, 2.05) is 43.3 Å². The molecule has 32 heavy (non-hydrogen) atoms. The summed E-state index contributed by atoms with van der Waals surface area (Å²) in [4.78, 5) is 0. The van der Waals surface area contributed by atoms with Crippen molar-refractivity contribution in [3.05, 3.63) is 83.6 Å². The number of hydrogen-bond acceptors (Lipinski definition) is 5. The zero-order chi connectivity index (χ0) is 21.8. The van der Waals surface area contributed by atoms with E-state index in [0.717, 1.165) is 36.1 Å². The molecule has 5 heteroatoms. The molecule has 5 nitrogen and oxygen atoms in total. The van der Waals surface area contributed by atoms with E-state index in [4.69, 9.17) is 23.7 Å².